The van der Waals surface area contributed by atoms with Crippen LogP contribution in [-0.4, -0.2) is 56.6 Å². The molecule has 2 saturated heterocycles. The molecule has 2 atom stereocenters. The van der Waals surface area contributed by atoms with Crippen molar-refractivity contribution in [3.05, 3.63) is 35.2 Å². The number of fused-ring (bicyclic) bond motifs is 1. The number of aliphatic carboxylic acids is 1. The van der Waals surface area contributed by atoms with Gasteiger partial charge in [0, 0.05) is 6.20 Å². The van der Waals surface area contributed by atoms with Crippen molar-refractivity contribution >= 4 is 27.8 Å². The van der Waals surface area contributed by atoms with Crippen LogP contribution in [0.2, 0.25) is 0 Å². The van der Waals surface area contributed by atoms with Crippen molar-refractivity contribution in [2.75, 3.05) is 0 Å². The minimum Gasteiger partial charge on any atom is -0.480 e. The number of carboxylic acid groups (broad SMARTS) is 1. The Labute approximate surface area is 138 Å². The maximum atomic E-state index is 12.7. The minimum absolute atomic E-state index is 0.00517. The van der Waals surface area contributed by atoms with Gasteiger partial charge in [-0.2, -0.15) is 0 Å². The number of sulfone groups is 1. The van der Waals surface area contributed by atoms with Crippen LogP contribution < -0.4 is 0 Å². The van der Waals surface area contributed by atoms with E-state index in [-0.39, 0.29) is 12.2 Å². The Bertz CT molecular complexity index is 874. The van der Waals surface area contributed by atoms with Crippen LogP contribution in [0.25, 0.3) is 6.08 Å². The maximum absolute atomic E-state index is 12.7. The molecular weight excluding hydrogens is 336 g/mol. The monoisotopic (exact) mass is 352 g/mol. The lowest BCUT2D eigenvalue weighted by Crippen LogP contribution is -2.58. The first kappa shape index (κ1) is 16.6. The molecule has 1 aromatic rings. The average molecular weight is 352 g/mol. The number of hydrogen-bond acceptors (Lipinski definition) is 6. The Balaban J connectivity index is 2.08. The molecule has 1 unspecified atom stereocenters. The van der Waals surface area contributed by atoms with Crippen LogP contribution >= 0.6 is 0 Å². The van der Waals surface area contributed by atoms with Crippen LogP contribution in [0.3, 0.4) is 0 Å². The number of rotatable bonds is 3. The molecule has 2 N–H and O–H groups in total. The predicted octanol–water partition coefficient (Wildman–Crippen LogP) is -0.214. The molecule has 2 aliphatic rings. The number of β-lactam (4-membered cyclic amide) rings is 1. The van der Waals surface area contributed by atoms with E-state index in [1.807, 2.05) is 0 Å². The van der Waals surface area contributed by atoms with Gasteiger partial charge in [0.15, 0.2) is 21.3 Å². The second-order valence-corrected chi connectivity index (χ2v) is 8.89. The SMILES string of the molecule is CC1(C)[C@H](C(=O)O)N2C(=O)/C(=C/c3cc(CO)ccn3)C2S1(=O)=O. The lowest BCUT2D eigenvalue weighted by molar-refractivity contribution is -0.152. The molecule has 1 amide bonds. The summed E-state index contributed by atoms with van der Waals surface area (Å²) in [7, 11) is -3.90. The Morgan fingerprint density at radius 3 is 2.71 bits per heavy atom. The fraction of sp³-hybridized carbons (Fsp3) is 0.400. The normalized spacial score (nSPS) is 28.5. The molecule has 2 fully saturated rings. The minimum atomic E-state index is -3.90. The van der Waals surface area contributed by atoms with Crippen LogP contribution in [0.1, 0.15) is 25.1 Å². The molecule has 0 aromatic carbocycles. The van der Waals surface area contributed by atoms with E-state index in [1.54, 1.807) is 6.07 Å². The summed E-state index contributed by atoms with van der Waals surface area (Å²) in [5, 5.41) is 17.2. The third kappa shape index (κ3) is 2.01. The number of aliphatic hydroxyl groups excluding tert-OH is 1. The Hall–Kier alpha value is -2.26. The topological polar surface area (TPSA) is 125 Å². The number of pyridine rings is 1. The quantitative estimate of drug-likeness (QED) is 0.569. The Kier molecular flexibility index (Phi) is 3.54. The predicted molar refractivity (Wildman–Crippen MR) is 83.2 cm³/mol. The zero-order chi connectivity index (χ0) is 17.9. The summed E-state index contributed by atoms with van der Waals surface area (Å²) in [5.41, 5.74) is 0.893. The van der Waals surface area contributed by atoms with E-state index >= 15 is 0 Å². The molecule has 0 spiro atoms. The van der Waals surface area contributed by atoms with Crippen molar-refractivity contribution in [2.45, 2.75) is 36.6 Å². The highest BCUT2D eigenvalue weighted by atomic mass is 32.2. The Morgan fingerprint density at radius 2 is 2.12 bits per heavy atom. The lowest BCUT2D eigenvalue weighted by Gasteiger charge is -2.37. The smallest absolute Gasteiger partial charge is 0.328 e. The molecule has 1 aromatic heterocycles. The van der Waals surface area contributed by atoms with Gasteiger partial charge in [-0.05, 0) is 37.6 Å². The van der Waals surface area contributed by atoms with E-state index in [9.17, 15) is 23.1 Å². The summed E-state index contributed by atoms with van der Waals surface area (Å²) in [6, 6.07) is 1.70. The van der Waals surface area contributed by atoms with Gasteiger partial charge in [-0.1, -0.05) is 0 Å². The van der Waals surface area contributed by atoms with Crippen LogP contribution in [0.4, 0.5) is 0 Å². The van der Waals surface area contributed by atoms with Gasteiger partial charge in [-0.15, -0.1) is 0 Å². The number of hydrogen-bond donors (Lipinski definition) is 2. The van der Waals surface area contributed by atoms with Crippen LogP contribution in [0.15, 0.2) is 23.9 Å². The van der Waals surface area contributed by atoms with E-state index in [4.69, 9.17) is 5.11 Å². The zero-order valence-electron chi connectivity index (χ0n) is 13.0. The largest absolute Gasteiger partial charge is 0.480 e. The van der Waals surface area contributed by atoms with Gasteiger partial charge in [0.1, 0.15) is 4.75 Å². The Morgan fingerprint density at radius 1 is 1.46 bits per heavy atom. The number of carboxylic acids is 1. The third-order valence-corrected chi connectivity index (χ3v) is 7.29. The zero-order valence-corrected chi connectivity index (χ0v) is 13.8. The summed E-state index contributed by atoms with van der Waals surface area (Å²) < 4.78 is 23.8. The van der Waals surface area contributed by atoms with Crippen LogP contribution in [0, 0.1) is 0 Å². The van der Waals surface area contributed by atoms with Crippen molar-refractivity contribution in [2.24, 2.45) is 0 Å². The van der Waals surface area contributed by atoms with Gasteiger partial charge >= 0.3 is 5.97 Å². The molecule has 9 heteroatoms. The van der Waals surface area contributed by atoms with Gasteiger partial charge in [0.25, 0.3) is 5.91 Å². The van der Waals surface area contributed by atoms with Gasteiger partial charge < -0.3 is 15.1 Å². The molecular formula is C15H16N2O6S. The van der Waals surface area contributed by atoms with Crippen molar-refractivity contribution in [1.29, 1.82) is 0 Å². The molecule has 3 rings (SSSR count). The molecule has 0 bridgehead atoms. The van der Waals surface area contributed by atoms with E-state index < -0.39 is 37.9 Å². The standard InChI is InChI=1S/C15H16N2O6S/c1-15(2)11(14(20)21)17-12(19)10(13(17)24(15,22)23)6-9-5-8(7-18)3-4-16-9/h3-6,11,13,18H,7H2,1-2H3,(H,20,21)/b10-6-/t11-,13?/m0/s1. The molecule has 0 saturated carbocycles. The number of carbonyl (C=O) groups is 2. The van der Waals surface area contributed by atoms with E-state index in [0.29, 0.717) is 11.3 Å². The first-order valence-corrected chi connectivity index (χ1v) is 8.74. The van der Waals surface area contributed by atoms with Gasteiger partial charge in [-0.25, -0.2) is 13.2 Å². The number of carbonyl (C=O) groups excluding carboxylic acids is 1. The second kappa shape index (κ2) is 5.12. The van der Waals surface area contributed by atoms with Gasteiger partial charge in [0.2, 0.25) is 0 Å². The summed E-state index contributed by atoms with van der Waals surface area (Å²) in [6.45, 7) is 2.42. The van der Waals surface area contributed by atoms with E-state index in [2.05, 4.69) is 4.98 Å². The number of amides is 1. The number of aromatic nitrogens is 1. The molecule has 8 nitrogen and oxygen atoms in total. The summed E-state index contributed by atoms with van der Waals surface area (Å²) in [5.74, 6) is -1.98. The second-order valence-electron chi connectivity index (χ2n) is 6.30. The molecule has 0 radical (unpaired) electrons. The van der Waals surface area contributed by atoms with E-state index in [1.165, 1.54) is 32.2 Å². The van der Waals surface area contributed by atoms with Gasteiger partial charge in [-0.3, -0.25) is 9.78 Å². The maximum Gasteiger partial charge on any atom is 0.328 e. The van der Waals surface area contributed by atoms with Crippen molar-refractivity contribution in [3.8, 4) is 0 Å². The highest BCUT2D eigenvalue weighted by Crippen LogP contribution is 2.48. The fourth-order valence-electron chi connectivity index (χ4n) is 3.17. The molecule has 24 heavy (non-hydrogen) atoms. The van der Waals surface area contributed by atoms with Crippen molar-refractivity contribution < 1.29 is 28.2 Å². The molecule has 0 aliphatic carbocycles. The average Bonchev–Trinajstić information content (AvgIpc) is 2.66. The fourth-order valence-corrected chi connectivity index (χ4v) is 5.29. The van der Waals surface area contributed by atoms with Crippen molar-refractivity contribution in [3.63, 3.8) is 0 Å². The van der Waals surface area contributed by atoms with Crippen molar-refractivity contribution in [1.82, 2.24) is 9.88 Å². The van der Waals surface area contributed by atoms with Gasteiger partial charge in [0.05, 0.1) is 17.9 Å². The highest BCUT2D eigenvalue weighted by molar-refractivity contribution is 7.94. The highest BCUT2D eigenvalue weighted by Gasteiger charge is 2.70. The molecule has 3 heterocycles. The summed E-state index contributed by atoms with van der Waals surface area (Å²) in [6.07, 6.45) is 2.77. The first-order chi connectivity index (χ1) is 11.1. The molecule has 128 valence electrons. The number of aliphatic hydroxyl groups is 1. The van der Waals surface area contributed by atoms with Crippen LogP contribution in [0.5, 0.6) is 0 Å². The number of nitrogens with zero attached hydrogens (tertiary/aromatic N) is 2. The third-order valence-electron chi connectivity index (χ3n) is 4.53. The van der Waals surface area contributed by atoms with Crippen LogP contribution in [-0.2, 0) is 26.0 Å². The first-order valence-electron chi connectivity index (χ1n) is 7.19. The summed E-state index contributed by atoms with van der Waals surface area (Å²) in [4.78, 5) is 28.7. The summed E-state index contributed by atoms with van der Waals surface area (Å²) >= 11 is 0. The molecule has 2 aliphatic heterocycles. The lowest BCUT2D eigenvalue weighted by atomic mass is 9.95. The van der Waals surface area contributed by atoms with E-state index in [0.717, 1.165) is 4.90 Å².